The zero-order valence-corrected chi connectivity index (χ0v) is 14.7. The molecule has 25 heavy (non-hydrogen) atoms. The van der Waals surface area contributed by atoms with Crippen molar-refractivity contribution in [2.75, 3.05) is 12.3 Å². The molecule has 0 aromatic rings. The topological polar surface area (TPSA) is 185 Å². The molecule has 3 atom stereocenters. The Morgan fingerprint density at radius 3 is 2.04 bits per heavy atom. The predicted molar refractivity (Wildman–Crippen MR) is 93.1 cm³/mol. The van der Waals surface area contributed by atoms with Gasteiger partial charge in [0.25, 0.3) is 0 Å². The lowest BCUT2D eigenvalue weighted by molar-refractivity contribution is -0.143. The van der Waals surface area contributed by atoms with Gasteiger partial charge in [0.2, 0.25) is 11.8 Å². The lowest BCUT2D eigenvalue weighted by Crippen LogP contribution is -2.54. The second kappa shape index (κ2) is 12.5. The van der Waals surface area contributed by atoms with Crippen LogP contribution in [0.5, 0.6) is 0 Å². The van der Waals surface area contributed by atoms with Gasteiger partial charge in [0.05, 0.1) is 6.04 Å². The summed E-state index contributed by atoms with van der Waals surface area (Å²) >= 11 is 3.88. The largest absolute Gasteiger partial charge is 0.481 e. The first-order valence-electron chi connectivity index (χ1n) is 7.84. The molecule has 0 aromatic heterocycles. The first-order chi connectivity index (χ1) is 11.7. The minimum Gasteiger partial charge on any atom is -0.481 e. The van der Waals surface area contributed by atoms with E-state index in [2.05, 4.69) is 23.3 Å². The highest BCUT2D eigenvalue weighted by Gasteiger charge is 2.27. The maximum atomic E-state index is 12.3. The monoisotopic (exact) mass is 378 g/mol. The molecular weight excluding hydrogens is 352 g/mol. The van der Waals surface area contributed by atoms with Crippen molar-refractivity contribution in [2.24, 2.45) is 11.5 Å². The van der Waals surface area contributed by atoms with Crippen LogP contribution in [0, 0.1) is 0 Å². The number of carbonyl (C=O) groups is 4. The van der Waals surface area contributed by atoms with E-state index in [9.17, 15) is 24.3 Å². The lowest BCUT2D eigenvalue weighted by Gasteiger charge is -2.22. The molecule has 0 fully saturated rings. The molecule has 0 aliphatic carbocycles. The minimum atomic E-state index is -1.22. The van der Waals surface area contributed by atoms with E-state index in [4.69, 9.17) is 16.6 Å². The third-order valence-corrected chi connectivity index (χ3v) is 3.77. The smallest absolute Gasteiger partial charge is 0.326 e. The number of amides is 2. The summed E-state index contributed by atoms with van der Waals surface area (Å²) < 4.78 is 0. The molecule has 0 rings (SSSR count). The fourth-order valence-corrected chi connectivity index (χ4v) is 2.09. The lowest BCUT2D eigenvalue weighted by atomic mass is 10.1. The van der Waals surface area contributed by atoms with Gasteiger partial charge in [-0.05, 0) is 32.2 Å². The van der Waals surface area contributed by atoms with Crippen LogP contribution in [0.25, 0.3) is 0 Å². The zero-order chi connectivity index (χ0) is 19.4. The van der Waals surface area contributed by atoms with E-state index in [1.54, 1.807) is 0 Å². The molecule has 0 aromatic carbocycles. The van der Waals surface area contributed by atoms with Crippen LogP contribution in [0.15, 0.2) is 0 Å². The van der Waals surface area contributed by atoms with Gasteiger partial charge in [-0.15, -0.1) is 0 Å². The Morgan fingerprint density at radius 1 is 0.960 bits per heavy atom. The molecule has 0 saturated carbocycles. The van der Waals surface area contributed by atoms with Crippen LogP contribution in [0.1, 0.15) is 32.1 Å². The van der Waals surface area contributed by atoms with Crippen molar-refractivity contribution in [3.05, 3.63) is 0 Å². The molecule has 0 saturated heterocycles. The van der Waals surface area contributed by atoms with Crippen molar-refractivity contribution in [3.8, 4) is 0 Å². The summed E-state index contributed by atoms with van der Waals surface area (Å²) in [7, 11) is 0. The fraction of sp³-hybridized carbons (Fsp3) is 0.714. The summed E-state index contributed by atoms with van der Waals surface area (Å²) in [6, 6.07) is -3.32. The van der Waals surface area contributed by atoms with Crippen LogP contribution in [0.2, 0.25) is 0 Å². The van der Waals surface area contributed by atoms with E-state index in [1.165, 1.54) is 0 Å². The summed E-state index contributed by atoms with van der Waals surface area (Å²) in [5, 5.41) is 22.6. The number of nitrogens with two attached hydrogens (primary N) is 2. The summed E-state index contributed by atoms with van der Waals surface area (Å²) in [5.41, 5.74) is 10.9. The number of thiol groups is 1. The summed E-state index contributed by atoms with van der Waals surface area (Å²) in [6.07, 6.45) is 0.717. The fourth-order valence-electron chi connectivity index (χ4n) is 1.92. The summed E-state index contributed by atoms with van der Waals surface area (Å²) in [6.45, 7) is 0.402. The molecule has 11 heteroatoms. The van der Waals surface area contributed by atoms with Crippen molar-refractivity contribution in [1.29, 1.82) is 0 Å². The van der Waals surface area contributed by atoms with Gasteiger partial charge in [0, 0.05) is 12.2 Å². The molecule has 0 radical (unpaired) electrons. The predicted octanol–water partition coefficient (Wildman–Crippen LogP) is -1.71. The van der Waals surface area contributed by atoms with Crippen molar-refractivity contribution >= 4 is 36.4 Å². The molecule has 0 aliphatic heterocycles. The summed E-state index contributed by atoms with van der Waals surface area (Å²) in [5.74, 6) is -3.78. The number of hydrogen-bond acceptors (Lipinski definition) is 7. The normalized spacial score (nSPS) is 14.2. The Balaban J connectivity index is 4.94. The third-order valence-electron chi connectivity index (χ3n) is 3.37. The molecule has 0 aliphatic rings. The second-order valence-corrected chi connectivity index (χ2v) is 5.83. The van der Waals surface area contributed by atoms with Crippen LogP contribution >= 0.6 is 12.6 Å². The Bertz CT molecular complexity index is 476. The maximum Gasteiger partial charge on any atom is 0.326 e. The Kier molecular flexibility index (Phi) is 11.6. The van der Waals surface area contributed by atoms with Crippen molar-refractivity contribution in [1.82, 2.24) is 10.6 Å². The number of carbonyl (C=O) groups excluding carboxylic acids is 2. The van der Waals surface area contributed by atoms with Gasteiger partial charge < -0.3 is 32.3 Å². The van der Waals surface area contributed by atoms with Crippen LogP contribution in [0.4, 0.5) is 0 Å². The number of hydrogen-bond donors (Lipinski definition) is 7. The molecule has 0 heterocycles. The molecule has 0 bridgehead atoms. The number of unbranched alkanes of at least 4 members (excludes halogenated alkanes) is 1. The zero-order valence-electron chi connectivity index (χ0n) is 13.8. The Labute approximate surface area is 151 Å². The van der Waals surface area contributed by atoms with Crippen LogP contribution in [-0.4, -0.2) is 64.4 Å². The van der Waals surface area contributed by atoms with E-state index in [-0.39, 0.29) is 25.0 Å². The molecule has 144 valence electrons. The van der Waals surface area contributed by atoms with Gasteiger partial charge in [-0.2, -0.15) is 12.6 Å². The highest BCUT2D eigenvalue weighted by Crippen LogP contribution is 2.04. The van der Waals surface area contributed by atoms with Crippen molar-refractivity contribution in [2.45, 2.75) is 50.2 Å². The van der Waals surface area contributed by atoms with Gasteiger partial charge in [0.15, 0.2) is 0 Å². The first-order valence-corrected chi connectivity index (χ1v) is 8.48. The number of nitrogens with one attached hydrogen (secondary N) is 2. The third kappa shape index (κ3) is 9.89. The van der Waals surface area contributed by atoms with E-state index in [1.807, 2.05) is 0 Å². The van der Waals surface area contributed by atoms with E-state index in [0.29, 0.717) is 19.4 Å². The minimum absolute atomic E-state index is 0.0376. The molecule has 0 spiro atoms. The standard InChI is InChI=1S/C14H26N4O6S/c15-6-2-1-3-10(14(23)24)18-13(22)9(4-5-11(19)20)17-12(21)8(16)7-25/h8-10,25H,1-7,15-16H2,(H,17,21)(H,18,22)(H,19,20)(H,23,24). The molecule has 8 N–H and O–H groups in total. The van der Waals surface area contributed by atoms with E-state index >= 15 is 0 Å². The van der Waals surface area contributed by atoms with Crippen LogP contribution in [0.3, 0.4) is 0 Å². The highest BCUT2D eigenvalue weighted by molar-refractivity contribution is 7.80. The van der Waals surface area contributed by atoms with Crippen LogP contribution < -0.4 is 22.1 Å². The Hall–Kier alpha value is -1.85. The average Bonchev–Trinajstić information content (AvgIpc) is 2.56. The van der Waals surface area contributed by atoms with Crippen molar-refractivity contribution in [3.63, 3.8) is 0 Å². The van der Waals surface area contributed by atoms with Gasteiger partial charge >= 0.3 is 11.9 Å². The van der Waals surface area contributed by atoms with Crippen molar-refractivity contribution < 1.29 is 29.4 Å². The van der Waals surface area contributed by atoms with Crippen LogP contribution in [-0.2, 0) is 19.2 Å². The highest BCUT2D eigenvalue weighted by atomic mass is 32.1. The SMILES string of the molecule is NCCCCC(NC(=O)C(CCC(=O)O)NC(=O)C(N)CS)C(=O)O. The molecule has 2 amide bonds. The Morgan fingerprint density at radius 2 is 1.56 bits per heavy atom. The number of carboxylic acid groups (broad SMARTS) is 2. The van der Waals surface area contributed by atoms with Gasteiger partial charge in [-0.1, -0.05) is 0 Å². The number of rotatable bonds is 13. The average molecular weight is 378 g/mol. The quantitative estimate of drug-likeness (QED) is 0.146. The molecule has 3 unspecified atom stereocenters. The molecular formula is C14H26N4O6S. The first kappa shape index (κ1) is 23.1. The van der Waals surface area contributed by atoms with Gasteiger partial charge in [-0.3, -0.25) is 14.4 Å². The van der Waals surface area contributed by atoms with Gasteiger partial charge in [0.1, 0.15) is 12.1 Å². The van der Waals surface area contributed by atoms with Gasteiger partial charge in [-0.25, -0.2) is 4.79 Å². The maximum absolute atomic E-state index is 12.3. The number of carboxylic acids is 2. The molecule has 10 nitrogen and oxygen atoms in total. The second-order valence-electron chi connectivity index (χ2n) is 5.47. The van der Waals surface area contributed by atoms with E-state index < -0.39 is 41.9 Å². The number of aliphatic carboxylic acids is 2. The summed E-state index contributed by atoms with van der Waals surface area (Å²) in [4.78, 5) is 46.1. The van der Waals surface area contributed by atoms with E-state index in [0.717, 1.165) is 0 Å².